The summed E-state index contributed by atoms with van der Waals surface area (Å²) in [4.78, 5) is 23.1. The molecule has 1 aromatic carbocycles. The van der Waals surface area contributed by atoms with E-state index < -0.39 is 18.1 Å². The van der Waals surface area contributed by atoms with Gasteiger partial charge in [-0.25, -0.2) is 0 Å². The number of alkyl halides is 3. The number of allylic oxidation sites excluding steroid dienone is 5. The first kappa shape index (κ1) is 31.2. The topological polar surface area (TPSA) is 75.6 Å². The number of carboxylic acid groups (broad SMARTS) is 1. The number of carboxylic acids is 1. The van der Waals surface area contributed by atoms with E-state index in [2.05, 4.69) is 12.2 Å². The van der Waals surface area contributed by atoms with E-state index in [0.717, 1.165) is 36.0 Å². The second kappa shape index (κ2) is 15.5. The molecular formula is C32H40F3NO4. The van der Waals surface area contributed by atoms with Gasteiger partial charge in [0.05, 0.1) is 18.3 Å². The third-order valence-corrected chi connectivity index (χ3v) is 7.28. The summed E-state index contributed by atoms with van der Waals surface area (Å²) in [7, 11) is 0. The van der Waals surface area contributed by atoms with Crippen molar-refractivity contribution in [2.45, 2.75) is 83.4 Å². The fourth-order valence-electron chi connectivity index (χ4n) is 4.86. The smallest absolute Gasteiger partial charge is 0.395 e. The van der Waals surface area contributed by atoms with Crippen LogP contribution >= 0.6 is 0 Å². The molecule has 0 aromatic heterocycles. The van der Waals surface area contributed by atoms with Crippen LogP contribution in [0.15, 0.2) is 66.3 Å². The molecule has 0 bridgehead atoms. The minimum Gasteiger partial charge on any atom is -0.486 e. The van der Waals surface area contributed by atoms with Crippen molar-refractivity contribution in [1.82, 2.24) is 5.32 Å². The predicted octanol–water partition coefficient (Wildman–Crippen LogP) is 7.80. The van der Waals surface area contributed by atoms with E-state index in [0.29, 0.717) is 12.2 Å². The highest BCUT2D eigenvalue weighted by Gasteiger charge is 2.37. The van der Waals surface area contributed by atoms with E-state index in [4.69, 9.17) is 9.84 Å². The summed E-state index contributed by atoms with van der Waals surface area (Å²) in [6.07, 6.45) is 13.9. The van der Waals surface area contributed by atoms with E-state index >= 15 is 0 Å². The van der Waals surface area contributed by atoms with Crippen LogP contribution in [0.3, 0.4) is 0 Å². The first-order valence-electron chi connectivity index (χ1n) is 14.3. The van der Waals surface area contributed by atoms with Crippen LogP contribution in [0.2, 0.25) is 0 Å². The van der Waals surface area contributed by atoms with E-state index in [1.54, 1.807) is 6.08 Å². The molecule has 218 valence electrons. The third-order valence-electron chi connectivity index (χ3n) is 7.28. The molecule has 5 nitrogen and oxygen atoms in total. The number of ether oxygens (including phenoxy) is 1. The van der Waals surface area contributed by atoms with E-state index in [1.807, 2.05) is 42.5 Å². The Morgan fingerprint density at radius 1 is 1.00 bits per heavy atom. The van der Waals surface area contributed by atoms with Crippen LogP contribution in [0, 0.1) is 11.8 Å². The Balaban J connectivity index is 1.62. The molecule has 0 heterocycles. The lowest BCUT2D eigenvalue weighted by Crippen LogP contribution is -2.32. The van der Waals surface area contributed by atoms with E-state index in [9.17, 15) is 22.8 Å². The molecule has 0 aliphatic heterocycles. The molecule has 0 spiro atoms. The van der Waals surface area contributed by atoms with Crippen LogP contribution in [-0.4, -0.2) is 35.8 Å². The van der Waals surface area contributed by atoms with Gasteiger partial charge in [-0.2, -0.15) is 13.2 Å². The molecular weight excluding hydrogens is 519 g/mol. The van der Waals surface area contributed by atoms with Crippen LogP contribution in [0.5, 0.6) is 5.75 Å². The lowest BCUT2D eigenvalue weighted by molar-refractivity contribution is -0.160. The number of hydrogen-bond acceptors (Lipinski definition) is 3. The molecule has 8 heteroatoms. The Kier molecular flexibility index (Phi) is 12.1. The third kappa shape index (κ3) is 10.0. The molecule has 40 heavy (non-hydrogen) atoms. The second-order valence-corrected chi connectivity index (χ2v) is 10.4. The largest absolute Gasteiger partial charge is 0.486 e. The highest BCUT2D eigenvalue weighted by Crippen LogP contribution is 2.35. The van der Waals surface area contributed by atoms with Crippen molar-refractivity contribution in [3.63, 3.8) is 0 Å². The molecule has 0 saturated heterocycles. The Morgan fingerprint density at radius 2 is 1.73 bits per heavy atom. The van der Waals surface area contributed by atoms with Crippen LogP contribution in [-0.2, 0) is 9.59 Å². The minimum absolute atomic E-state index is 0.0625. The first-order chi connectivity index (χ1) is 19.2. The van der Waals surface area contributed by atoms with Gasteiger partial charge in [-0.15, -0.1) is 0 Å². The van der Waals surface area contributed by atoms with Gasteiger partial charge in [-0.3, -0.25) is 9.59 Å². The van der Waals surface area contributed by atoms with Crippen molar-refractivity contribution in [2.75, 3.05) is 6.54 Å². The molecule has 3 atom stereocenters. The molecule has 0 fully saturated rings. The van der Waals surface area contributed by atoms with Crippen molar-refractivity contribution < 1.29 is 32.6 Å². The number of halogens is 3. The highest BCUT2D eigenvalue weighted by molar-refractivity contribution is 5.81. The number of nitrogens with one attached hydrogen (secondary N) is 1. The van der Waals surface area contributed by atoms with Gasteiger partial charge in [0.1, 0.15) is 11.9 Å². The quantitative estimate of drug-likeness (QED) is 0.215. The average molecular weight is 560 g/mol. The monoisotopic (exact) mass is 559 g/mol. The van der Waals surface area contributed by atoms with Crippen LogP contribution in [0.4, 0.5) is 13.2 Å². The zero-order valence-corrected chi connectivity index (χ0v) is 23.1. The predicted molar refractivity (Wildman–Crippen MR) is 151 cm³/mol. The molecule has 2 aliphatic carbocycles. The molecule has 1 aromatic rings. The fraction of sp³-hybridized carbons (Fsp3) is 0.500. The molecule has 0 saturated carbocycles. The lowest BCUT2D eigenvalue weighted by atomic mass is 9.91. The van der Waals surface area contributed by atoms with Crippen molar-refractivity contribution in [3.05, 3.63) is 71.9 Å². The van der Waals surface area contributed by atoms with Crippen molar-refractivity contribution in [2.24, 2.45) is 11.8 Å². The summed E-state index contributed by atoms with van der Waals surface area (Å²) in [5.74, 6) is -2.25. The van der Waals surface area contributed by atoms with Crippen molar-refractivity contribution >= 4 is 17.4 Å². The Bertz CT molecular complexity index is 1100. The summed E-state index contributed by atoms with van der Waals surface area (Å²) in [6, 6.07) is 7.42. The number of unbranched alkanes of at least 4 members (excludes halogenated alkanes) is 5. The van der Waals surface area contributed by atoms with Crippen LogP contribution < -0.4 is 10.1 Å². The Morgan fingerprint density at radius 3 is 2.33 bits per heavy atom. The molecule has 1 amide bonds. The Hall–Kier alpha value is -3.29. The standard InChI is InChI=1S/C32H40F3NO4/c1-2-3-4-5-6-7-8-29(25-9-11-26(12-10-25)31(39)36-22-21-30(37)38)40-28-19-15-24(16-20-28)23-13-17-27(18-14-23)32(33,34)35/h9-11,13-17,19-20,26-27,29H,2-8,12,18,21-22H2,1H3,(H,36,39)(H,37,38). The molecule has 0 radical (unpaired) electrons. The fourth-order valence-corrected chi connectivity index (χ4v) is 4.86. The number of rotatable bonds is 15. The molecule has 2 N–H and O–H groups in total. The van der Waals surface area contributed by atoms with Crippen molar-refractivity contribution in [3.8, 4) is 5.75 Å². The second-order valence-electron chi connectivity index (χ2n) is 10.4. The number of carbonyl (C=O) groups excluding carboxylic acids is 1. The van der Waals surface area contributed by atoms with Gasteiger partial charge in [0.2, 0.25) is 5.91 Å². The first-order valence-corrected chi connectivity index (χ1v) is 14.3. The normalized spacial score (nSPS) is 19.5. The SMILES string of the molecule is CCCCCCCCC(Oc1ccc(C2=CCC(C(F)(F)F)C=C2)cc1)C1=CCC(C(=O)NCCC(=O)O)C=C1. The molecule has 2 aliphatic rings. The maximum absolute atomic E-state index is 13.0. The summed E-state index contributed by atoms with van der Waals surface area (Å²) in [5.41, 5.74) is 2.61. The number of carbonyl (C=O) groups is 2. The summed E-state index contributed by atoms with van der Waals surface area (Å²) >= 11 is 0. The summed E-state index contributed by atoms with van der Waals surface area (Å²) in [5, 5.41) is 11.4. The van der Waals surface area contributed by atoms with Crippen molar-refractivity contribution in [1.29, 1.82) is 0 Å². The summed E-state index contributed by atoms with van der Waals surface area (Å²) in [6.45, 7) is 2.29. The van der Waals surface area contributed by atoms with Gasteiger partial charge in [0.15, 0.2) is 0 Å². The number of aliphatic carboxylic acids is 1. The van der Waals surface area contributed by atoms with E-state index in [1.165, 1.54) is 37.8 Å². The molecule has 3 unspecified atom stereocenters. The maximum atomic E-state index is 13.0. The minimum atomic E-state index is -4.23. The zero-order chi connectivity index (χ0) is 29.0. The number of hydrogen-bond donors (Lipinski definition) is 2. The van der Waals surface area contributed by atoms with Gasteiger partial charge in [-0.1, -0.05) is 87.6 Å². The Labute approximate surface area is 234 Å². The van der Waals surface area contributed by atoms with Crippen LogP contribution in [0.25, 0.3) is 5.57 Å². The highest BCUT2D eigenvalue weighted by atomic mass is 19.4. The van der Waals surface area contributed by atoms with Gasteiger partial charge in [0.25, 0.3) is 0 Å². The lowest BCUT2D eigenvalue weighted by Gasteiger charge is -2.24. The molecule has 3 rings (SSSR count). The number of benzene rings is 1. The van der Waals surface area contributed by atoms with Gasteiger partial charge < -0.3 is 15.2 Å². The zero-order valence-electron chi connectivity index (χ0n) is 23.1. The summed E-state index contributed by atoms with van der Waals surface area (Å²) < 4.78 is 45.3. The van der Waals surface area contributed by atoms with E-state index in [-0.39, 0.29) is 37.3 Å². The maximum Gasteiger partial charge on any atom is 0.395 e. The average Bonchev–Trinajstić information content (AvgIpc) is 2.94. The van der Waals surface area contributed by atoms with Crippen LogP contribution in [0.1, 0.15) is 76.7 Å². The van der Waals surface area contributed by atoms with Gasteiger partial charge in [-0.05, 0) is 54.5 Å². The van der Waals surface area contributed by atoms with Gasteiger partial charge in [0, 0.05) is 6.54 Å². The van der Waals surface area contributed by atoms with Gasteiger partial charge >= 0.3 is 12.1 Å². The number of amides is 1.